The first-order valence-electron chi connectivity index (χ1n) is 5.77. The van der Waals surface area contributed by atoms with Crippen molar-refractivity contribution in [1.82, 2.24) is 4.98 Å². The number of carbonyl (C=O) groups is 1. The largest absolute Gasteiger partial charge is 0.462 e. The third kappa shape index (κ3) is 2.66. The van der Waals surface area contributed by atoms with E-state index in [9.17, 15) is 18.0 Å². The molecule has 2 rings (SSSR count). The van der Waals surface area contributed by atoms with Gasteiger partial charge < -0.3 is 10.5 Å². The zero-order chi connectivity index (χ0) is 14.9. The highest BCUT2D eigenvalue weighted by molar-refractivity contribution is 5.95. The fourth-order valence-corrected chi connectivity index (χ4v) is 1.76. The smallest absolute Gasteiger partial charge is 0.419 e. The molecular formula is C13H11F3N2O2. The van der Waals surface area contributed by atoms with Crippen molar-refractivity contribution < 1.29 is 22.7 Å². The molecule has 0 spiro atoms. The number of fused-ring (bicyclic) bond motifs is 1. The van der Waals surface area contributed by atoms with Crippen LogP contribution in [0.15, 0.2) is 24.3 Å². The second-order valence-corrected chi connectivity index (χ2v) is 4.05. The number of aromatic nitrogens is 1. The molecule has 2 N–H and O–H groups in total. The number of rotatable bonds is 2. The van der Waals surface area contributed by atoms with Gasteiger partial charge in [0.05, 0.1) is 23.3 Å². The minimum atomic E-state index is -4.59. The minimum Gasteiger partial charge on any atom is -0.462 e. The predicted octanol–water partition coefficient (Wildman–Crippen LogP) is 3.01. The van der Waals surface area contributed by atoms with Gasteiger partial charge in [0, 0.05) is 5.39 Å². The Labute approximate surface area is 112 Å². The molecule has 0 saturated carbocycles. The Morgan fingerprint density at radius 2 is 2.05 bits per heavy atom. The first kappa shape index (κ1) is 14.1. The van der Waals surface area contributed by atoms with Crippen LogP contribution in [0, 0.1) is 0 Å². The number of nitrogens with zero attached hydrogens (tertiary/aromatic N) is 1. The van der Waals surface area contributed by atoms with E-state index in [4.69, 9.17) is 10.5 Å². The predicted molar refractivity (Wildman–Crippen MR) is 67.1 cm³/mol. The van der Waals surface area contributed by atoms with Crippen LogP contribution in [0.25, 0.3) is 10.9 Å². The summed E-state index contributed by atoms with van der Waals surface area (Å²) in [7, 11) is 0. The number of halogens is 3. The fourth-order valence-electron chi connectivity index (χ4n) is 1.76. The van der Waals surface area contributed by atoms with E-state index in [1.807, 2.05) is 0 Å². The van der Waals surface area contributed by atoms with Gasteiger partial charge in [-0.1, -0.05) is 0 Å². The fraction of sp³-hybridized carbons (Fsp3) is 0.231. The summed E-state index contributed by atoms with van der Waals surface area (Å²) in [6.07, 6.45) is -4.59. The van der Waals surface area contributed by atoms with Crippen molar-refractivity contribution in [1.29, 1.82) is 0 Å². The van der Waals surface area contributed by atoms with Crippen molar-refractivity contribution in [2.24, 2.45) is 0 Å². The molecule has 0 amide bonds. The summed E-state index contributed by atoms with van der Waals surface area (Å²) >= 11 is 0. The van der Waals surface area contributed by atoms with E-state index < -0.39 is 23.5 Å². The highest BCUT2D eigenvalue weighted by Crippen LogP contribution is 2.34. The Morgan fingerprint density at radius 3 is 2.65 bits per heavy atom. The van der Waals surface area contributed by atoms with E-state index in [0.29, 0.717) is 0 Å². The second-order valence-electron chi connectivity index (χ2n) is 4.05. The minimum absolute atomic E-state index is 0.166. The Balaban J connectivity index is 2.56. The maximum Gasteiger partial charge on any atom is 0.419 e. The van der Waals surface area contributed by atoms with Crippen molar-refractivity contribution in [2.75, 3.05) is 12.3 Å². The Morgan fingerprint density at radius 1 is 1.35 bits per heavy atom. The van der Waals surface area contributed by atoms with E-state index in [0.717, 1.165) is 6.07 Å². The van der Waals surface area contributed by atoms with Crippen molar-refractivity contribution >= 4 is 22.7 Å². The number of nitrogen functional groups attached to an aromatic ring is 1. The van der Waals surface area contributed by atoms with E-state index in [2.05, 4.69) is 4.98 Å². The normalized spacial score (nSPS) is 11.6. The number of benzene rings is 1. The SMILES string of the molecule is CCOC(=O)c1ccc2nc(N)c(C(F)(F)F)cc2c1. The summed E-state index contributed by atoms with van der Waals surface area (Å²) < 4.78 is 43.0. The number of pyridine rings is 1. The molecule has 0 saturated heterocycles. The molecule has 2 aromatic rings. The molecule has 1 heterocycles. The van der Waals surface area contributed by atoms with Crippen molar-refractivity contribution in [3.05, 3.63) is 35.4 Å². The van der Waals surface area contributed by atoms with Crippen LogP contribution in [0.1, 0.15) is 22.8 Å². The highest BCUT2D eigenvalue weighted by atomic mass is 19.4. The Hall–Kier alpha value is -2.31. The van der Waals surface area contributed by atoms with Crippen LogP contribution in [-0.2, 0) is 10.9 Å². The van der Waals surface area contributed by atoms with Gasteiger partial charge in [0.15, 0.2) is 0 Å². The number of carbonyl (C=O) groups excluding carboxylic acids is 1. The molecule has 0 atom stereocenters. The molecule has 0 fully saturated rings. The molecule has 0 aliphatic heterocycles. The van der Waals surface area contributed by atoms with Crippen LogP contribution in [0.2, 0.25) is 0 Å². The van der Waals surface area contributed by atoms with Gasteiger partial charge in [-0.25, -0.2) is 9.78 Å². The van der Waals surface area contributed by atoms with Crippen molar-refractivity contribution in [3.63, 3.8) is 0 Å². The molecule has 0 radical (unpaired) electrons. The van der Waals surface area contributed by atoms with E-state index in [1.54, 1.807) is 6.92 Å². The molecule has 4 nitrogen and oxygen atoms in total. The van der Waals surface area contributed by atoms with Crippen molar-refractivity contribution in [3.8, 4) is 0 Å². The van der Waals surface area contributed by atoms with Crippen LogP contribution in [0.4, 0.5) is 19.0 Å². The van der Waals surface area contributed by atoms with Crippen LogP contribution in [0.5, 0.6) is 0 Å². The lowest BCUT2D eigenvalue weighted by molar-refractivity contribution is -0.137. The summed E-state index contributed by atoms with van der Waals surface area (Å²) in [5, 5.41) is 0.178. The number of ether oxygens (including phenoxy) is 1. The standard InChI is InChI=1S/C13H11F3N2O2/c1-2-20-12(19)7-3-4-10-8(5-7)6-9(11(17)18-10)13(14,15)16/h3-6H,2H2,1H3,(H2,17,18). The van der Waals surface area contributed by atoms with Gasteiger partial charge in [0.25, 0.3) is 0 Å². The van der Waals surface area contributed by atoms with Gasteiger partial charge in [-0.3, -0.25) is 0 Å². The van der Waals surface area contributed by atoms with Crippen LogP contribution >= 0.6 is 0 Å². The molecule has 0 unspecified atom stereocenters. The third-order valence-electron chi connectivity index (χ3n) is 2.66. The topological polar surface area (TPSA) is 65.2 Å². The number of anilines is 1. The molecule has 1 aromatic heterocycles. The molecule has 20 heavy (non-hydrogen) atoms. The lowest BCUT2D eigenvalue weighted by Gasteiger charge is -2.11. The number of hydrogen-bond donors (Lipinski definition) is 1. The highest BCUT2D eigenvalue weighted by Gasteiger charge is 2.34. The van der Waals surface area contributed by atoms with E-state index in [-0.39, 0.29) is 23.1 Å². The second kappa shape index (κ2) is 4.99. The average Bonchev–Trinajstić information content (AvgIpc) is 2.36. The maximum absolute atomic E-state index is 12.7. The number of nitrogens with two attached hydrogens (primary N) is 1. The summed E-state index contributed by atoms with van der Waals surface area (Å²) in [5.74, 6) is -1.19. The third-order valence-corrected chi connectivity index (χ3v) is 2.66. The lowest BCUT2D eigenvalue weighted by atomic mass is 10.1. The summed E-state index contributed by atoms with van der Waals surface area (Å²) in [5.41, 5.74) is 4.72. The van der Waals surface area contributed by atoms with Gasteiger partial charge in [0.2, 0.25) is 0 Å². The van der Waals surface area contributed by atoms with Crippen LogP contribution in [0.3, 0.4) is 0 Å². The summed E-state index contributed by atoms with van der Waals surface area (Å²) in [6.45, 7) is 1.83. The molecule has 0 aliphatic rings. The quantitative estimate of drug-likeness (QED) is 0.861. The summed E-state index contributed by atoms with van der Waals surface area (Å²) in [4.78, 5) is 15.2. The average molecular weight is 284 g/mol. The van der Waals surface area contributed by atoms with Crippen LogP contribution < -0.4 is 5.73 Å². The summed E-state index contributed by atoms with van der Waals surface area (Å²) in [6, 6.07) is 5.04. The zero-order valence-corrected chi connectivity index (χ0v) is 10.5. The van der Waals surface area contributed by atoms with Crippen LogP contribution in [-0.4, -0.2) is 17.6 Å². The Bertz CT molecular complexity index is 668. The first-order valence-corrected chi connectivity index (χ1v) is 5.77. The maximum atomic E-state index is 12.7. The van der Waals surface area contributed by atoms with Gasteiger partial charge >= 0.3 is 12.1 Å². The molecule has 0 aliphatic carbocycles. The van der Waals surface area contributed by atoms with Gasteiger partial charge in [-0.05, 0) is 31.2 Å². The van der Waals surface area contributed by atoms with E-state index in [1.165, 1.54) is 18.2 Å². The Kier molecular flexibility index (Phi) is 3.52. The van der Waals surface area contributed by atoms with Gasteiger partial charge in [-0.2, -0.15) is 13.2 Å². The molecule has 1 aromatic carbocycles. The monoisotopic (exact) mass is 284 g/mol. The van der Waals surface area contributed by atoms with Gasteiger partial charge in [-0.15, -0.1) is 0 Å². The molecule has 106 valence electrons. The zero-order valence-electron chi connectivity index (χ0n) is 10.5. The lowest BCUT2D eigenvalue weighted by Crippen LogP contribution is -2.11. The van der Waals surface area contributed by atoms with Gasteiger partial charge in [0.1, 0.15) is 5.82 Å². The molecule has 7 heteroatoms. The number of esters is 1. The molecule has 0 bridgehead atoms. The van der Waals surface area contributed by atoms with Crippen molar-refractivity contribution in [2.45, 2.75) is 13.1 Å². The number of alkyl halides is 3. The first-order chi connectivity index (χ1) is 9.32. The van der Waals surface area contributed by atoms with E-state index >= 15 is 0 Å². The molecular weight excluding hydrogens is 273 g/mol. The number of hydrogen-bond acceptors (Lipinski definition) is 4.